The summed E-state index contributed by atoms with van der Waals surface area (Å²) in [4.78, 5) is 0. The lowest BCUT2D eigenvalue weighted by Gasteiger charge is -2.17. The summed E-state index contributed by atoms with van der Waals surface area (Å²) in [6, 6.07) is 5.27. The van der Waals surface area contributed by atoms with Gasteiger partial charge >= 0.3 is 6.18 Å². The van der Waals surface area contributed by atoms with Crippen molar-refractivity contribution in [1.82, 2.24) is 0 Å². The van der Waals surface area contributed by atoms with Crippen molar-refractivity contribution in [3.63, 3.8) is 0 Å². The van der Waals surface area contributed by atoms with Gasteiger partial charge in [0.1, 0.15) is 11.6 Å². The van der Waals surface area contributed by atoms with Crippen molar-refractivity contribution >= 4 is 15.9 Å². The van der Waals surface area contributed by atoms with Crippen LogP contribution in [0.4, 0.5) is 22.0 Å². The summed E-state index contributed by atoms with van der Waals surface area (Å²) in [6.07, 6.45) is -4.81. The van der Waals surface area contributed by atoms with E-state index in [1.165, 1.54) is 12.1 Å². The van der Waals surface area contributed by atoms with Gasteiger partial charge in [0.2, 0.25) is 0 Å². The Labute approximate surface area is 125 Å². The smallest absolute Gasteiger partial charge is 0.320 e. The van der Waals surface area contributed by atoms with E-state index in [1.54, 1.807) is 0 Å². The van der Waals surface area contributed by atoms with E-state index < -0.39 is 29.4 Å². The van der Waals surface area contributed by atoms with Crippen LogP contribution in [0.25, 0.3) is 0 Å². The first-order valence-electron chi connectivity index (χ1n) is 5.77. The molecule has 0 saturated carbocycles. The van der Waals surface area contributed by atoms with Crippen molar-refractivity contribution in [2.45, 2.75) is 12.2 Å². The highest BCUT2D eigenvalue weighted by atomic mass is 79.9. The summed E-state index contributed by atoms with van der Waals surface area (Å²) < 4.78 is 64.6. The Morgan fingerprint density at radius 1 is 1.00 bits per heavy atom. The Bertz CT molecular complexity index is 669. The van der Waals surface area contributed by atoms with E-state index in [1.807, 2.05) is 0 Å². The second kappa shape index (κ2) is 5.73. The van der Waals surface area contributed by atoms with Crippen molar-refractivity contribution in [1.29, 1.82) is 0 Å². The van der Waals surface area contributed by atoms with E-state index in [0.717, 1.165) is 18.2 Å². The summed E-state index contributed by atoms with van der Waals surface area (Å²) >= 11 is 3.10. The van der Waals surface area contributed by atoms with E-state index in [2.05, 4.69) is 15.9 Å². The molecule has 7 heteroatoms. The van der Waals surface area contributed by atoms with Crippen molar-refractivity contribution in [3.05, 3.63) is 69.2 Å². The van der Waals surface area contributed by atoms with E-state index >= 15 is 0 Å². The molecule has 1 unspecified atom stereocenters. The summed E-state index contributed by atoms with van der Waals surface area (Å²) in [7, 11) is 0. The number of hydrogen-bond donors (Lipinski definition) is 1. The molecule has 0 aromatic heterocycles. The van der Waals surface area contributed by atoms with Gasteiger partial charge in [-0.25, -0.2) is 8.78 Å². The van der Waals surface area contributed by atoms with E-state index in [-0.39, 0.29) is 5.56 Å². The minimum absolute atomic E-state index is 0.0797. The molecule has 2 aromatic rings. The molecule has 1 atom stereocenters. The van der Waals surface area contributed by atoms with Crippen LogP contribution >= 0.6 is 15.9 Å². The number of alkyl halides is 3. The zero-order valence-electron chi connectivity index (χ0n) is 10.4. The third kappa shape index (κ3) is 3.41. The van der Waals surface area contributed by atoms with Crippen LogP contribution in [-0.4, -0.2) is 0 Å². The maximum Gasteiger partial charge on any atom is 0.419 e. The SMILES string of the molecule is NC(c1ccc(F)c(C(F)(F)F)c1)c1ccc(F)cc1Br. The fourth-order valence-corrected chi connectivity index (χ4v) is 2.48. The second-order valence-corrected chi connectivity index (χ2v) is 5.23. The molecule has 112 valence electrons. The monoisotopic (exact) mass is 365 g/mol. The maximum absolute atomic E-state index is 13.2. The Balaban J connectivity index is 2.46. The standard InChI is InChI=1S/C14H9BrF5N/c15-11-6-8(16)2-3-9(11)13(21)7-1-4-12(17)10(5-7)14(18,19)20/h1-6,13H,21H2. The van der Waals surface area contributed by atoms with E-state index in [4.69, 9.17) is 5.73 Å². The van der Waals surface area contributed by atoms with Crippen LogP contribution in [0.3, 0.4) is 0 Å². The van der Waals surface area contributed by atoms with Crippen molar-refractivity contribution in [2.24, 2.45) is 5.73 Å². The lowest BCUT2D eigenvalue weighted by molar-refractivity contribution is -0.140. The number of benzene rings is 2. The highest BCUT2D eigenvalue weighted by Crippen LogP contribution is 2.34. The second-order valence-electron chi connectivity index (χ2n) is 4.38. The number of nitrogens with two attached hydrogens (primary N) is 1. The van der Waals surface area contributed by atoms with Gasteiger partial charge in [-0.2, -0.15) is 13.2 Å². The predicted octanol–water partition coefficient (Wildman–Crippen LogP) is 4.79. The Morgan fingerprint density at radius 3 is 2.24 bits per heavy atom. The Hall–Kier alpha value is -1.47. The lowest BCUT2D eigenvalue weighted by Crippen LogP contribution is -2.15. The molecule has 0 amide bonds. The van der Waals surface area contributed by atoms with Gasteiger partial charge in [-0.15, -0.1) is 0 Å². The molecule has 2 N–H and O–H groups in total. The molecule has 0 aliphatic carbocycles. The highest BCUT2D eigenvalue weighted by Gasteiger charge is 2.34. The highest BCUT2D eigenvalue weighted by molar-refractivity contribution is 9.10. The molecule has 1 nitrogen and oxygen atoms in total. The van der Waals surface area contributed by atoms with Crippen LogP contribution in [-0.2, 0) is 6.18 Å². The van der Waals surface area contributed by atoms with Gasteiger partial charge in [-0.1, -0.05) is 28.1 Å². The fraction of sp³-hybridized carbons (Fsp3) is 0.143. The van der Waals surface area contributed by atoms with Crippen LogP contribution < -0.4 is 5.73 Å². The van der Waals surface area contributed by atoms with Crippen LogP contribution in [0, 0.1) is 11.6 Å². The molecule has 0 saturated heterocycles. The van der Waals surface area contributed by atoms with Gasteiger partial charge in [0.15, 0.2) is 0 Å². The number of hydrogen-bond acceptors (Lipinski definition) is 1. The first kappa shape index (κ1) is 15.9. The van der Waals surface area contributed by atoms with Gasteiger partial charge < -0.3 is 5.73 Å². The molecule has 0 spiro atoms. The van der Waals surface area contributed by atoms with Gasteiger partial charge in [-0.05, 0) is 35.4 Å². The average molecular weight is 366 g/mol. The van der Waals surface area contributed by atoms with E-state index in [9.17, 15) is 22.0 Å². The zero-order chi connectivity index (χ0) is 15.8. The molecule has 0 radical (unpaired) electrons. The Morgan fingerprint density at radius 2 is 1.67 bits per heavy atom. The Kier molecular flexibility index (Phi) is 4.34. The van der Waals surface area contributed by atoms with Crippen LogP contribution in [0.2, 0.25) is 0 Å². The van der Waals surface area contributed by atoms with Gasteiger partial charge in [0.05, 0.1) is 11.6 Å². The largest absolute Gasteiger partial charge is 0.419 e. The molecular formula is C14H9BrF5N. The molecule has 21 heavy (non-hydrogen) atoms. The van der Waals surface area contributed by atoms with Crippen molar-refractivity contribution < 1.29 is 22.0 Å². The maximum atomic E-state index is 13.2. The first-order chi connectivity index (χ1) is 9.70. The van der Waals surface area contributed by atoms with Crippen molar-refractivity contribution in [2.75, 3.05) is 0 Å². The number of halogens is 6. The fourth-order valence-electron chi connectivity index (χ4n) is 1.89. The first-order valence-corrected chi connectivity index (χ1v) is 6.56. The predicted molar refractivity (Wildman–Crippen MR) is 71.5 cm³/mol. The van der Waals surface area contributed by atoms with Crippen molar-refractivity contribution in [3.8, 4) is 0 Å². The zero-order valence-corrected chi connectivity index (χ0v) is 12.0. The molecule has 0 fully saturated rings. The number of rotatable bonds is 2. The molecule has 2 rings (SSSR count). The average Bonchev–Trinajstić information content (AvgIpc) is 2.37. The third-order valence-electron chi connectivity index (χ3n) is 2.95. The molecular weight excluding hydrogens is 357 g/mol. The van der Waals surface area contributed by atoms with Crippen LogP contribution in [0.5, 0.6) is 0 Å². The minimum atomic E-state index is -4.81. The van der Waals surface area contributed by atoms with Crippen LogP contribution in [0.1, 0.15) is 22.7 Å². The van der Waals surface area contributed by atoms with Gasteiger partial charge in [0.25, 0.3) is 0 Å². The third-order valence-corrected chi connectivity index (χ3v) is 3.64. The summed E-state index contributed by atoms with van der Waals surface area (Å²) in [5, 5.41) is 0. The summed E-state index contributed by atoms with van der Waals surface area (Å²) in [5.74, 6) is -1.87. The topological polar surface area (TPSA) is 26.0 Å². The molecule has 0 heterocycles. The molecule has 2 aromatic carbocycles. The van der Waals surface area contributed by atoms with Gasteiger partial charge in [0, 0.05) is 4.47 Å². The molecule has 0 bridgehead atoms. The summed E-state index contributed by atoms with van der Waals surface area (Å²) in [6.45, 7) is 0. The van der Waals surface area contributed by atoms with E-state index in [0.29, 0.717) is 16.1 Å². The lowest BCUT2D eigenvalue weighted by atomic mass is 9.97. The summed E-state index contributed by atoms with van der Waals surface area (Å²) in [5.41, 5.74) is 4.99. The molecule has 0 aliphatic rings. The normalized spacial score (nSPS) is 13.3. The van der Waals surface area contributed by atoms with Gasteiger partial charge in [-0.3, -0.25) is 0 Å². The minimum Gasteiger partial charge on any atom is -0.320 e. The quantitative estimate of drug-likeness (QED) is 0.760. The molecule has 0 aliphatic heterocycles. The van der Waals surface area contributed by atoms with Crippen LogP contribution in [0.15, 0.2) is 40.9 Å².